The van der Waals surface area contributed by atoms with E-state index in [1.807, 2.05) is 109 Å². The van der Waals surface area contributed by atoms with Gasteiger partial charge < -0.3 is 0 Å². The largest absolute Gasteiger partial charge is 0.271 e. The Bertz CT molecular complexity index is 1430. The molecule has 5 rings (SSSR count). The van der Waals surface area contributed by atoms with Crippen LogP contribution in [0.1, 0.15) is 6.92 Å². The Morgan fingerprint density at radius 1 is 0.676 bits per heavy atom. The molecule has 0 N–H and O–H groups in total. The first-order chi connectivity index (χ1) is 18.3. The van der Waals surface area contributed by atoms with Crippen LogP contribution in [0.4, 0.5) is 22.7 Å². The molecule has 7 heteroatoms. The molecule has 4 aromatic carbocycles. The number of anilines is 1. The molecule has 0 atom stereocenters. The molecule has 1 saturated heterocycles. The van der Waals surface area contributed by atoms with Crippen molar-refractivity contribution in [2.45, 2.75) is 6.92 Å². The van der Waals surface area contributed by atoms with Crippen LogP contribution in [0.15, 0.2) is 141 Å². The molecule has 1 fully saturated rings. The van der Waals surface area contributed by atoms with Crippen LogP contribution < -0.4 is 4.90 Å². The number of rotatable bonds is 5. The van der Waals surface area contributed by atoms with E-state index in [2.05, 4.69) is 24.0 Å². The quantitative estimate of drug-likeness (QED) is 0.196. The third-order valence-electron chi connectivity index (χ3n) is 5.22. The van der Waals surface area contributed by atoms with Crippen LogP contribution in [0.5, 0.6) is 0 Å². The predicted molar refractivity (Wildman–Crippen MR) is 163 cm³/mol. The molecule has 0 aliphatic carbocycles. The van der Waals surface area contributed by atoms with E-state index in [9.17, 15) is 0 Å². The molecule has 0 radical (unpaired) electrons. The van der Waals surface area contributed by atoms with E-state index >= 15 is 0 Å². The molecule has 37 heavy (non-hydrogen) atoms. The van der Waals surface area contributed by atoms with Gasteiger partial charge in [-0.05, 0) is 66.0 Å². The van der Waals surface area contributed by atoms with Crippen LogP contribution in [-0.2, 0) is 0 Å². The molecular formula is C30H25N5S2. The average molecular weight is 520 g/mol. The first kappa shape index (κ1) is 24.7. The highest BCUT2D eigenvalue weighted by molar-refractivity contribution is 8.29. The van der Waals surface area contributed by atoms with Crippen molar-refractivity contribution in [1.82, 2.24) is 0 Å². The second-order valence-electron chi connectivity index (χ2n) is 7.85. The van der Waals surface area contributed by atoms with Gasteiger partial charge >= 0.3 is 0 Å². The Balaban J connectivity index is 1.67. The van der Waals surface area contributed by atoms with Crippen molar-refractivity contribution in [2.75, 3.05) is 10.7 Å². The summed E-state index contributed by atoms with van der Waals surface area (Å²) in [7, 11) is 0. The van der Waals surface area contributed by atoms with Gasteiger partial charge in [0.1, 0.15) is 5.04 Å². The minimum atomic E-state index is 0.692. The smallest absolute Gasteiger partial charge is 0.190 e. The zero-order chi connectivity index (χ0) is 25.3. The van der Waals surface area contributed by atoms with Crippen molar-refractivity contribution < 1.29 is 0 Å². The maximum atomic E-state index is 5.06. The molecule has 1 aliphatic rings. The number of aliphatic imine (C=N–C) groups is 4. The highest BCUT2D eigenvalue weighted by atomic mass is 32.2. The fourth-order valence-electron chi connectivity index (χ4n) is 3.58. The van der Waals surface area contributed by atoms with E-state index in [0.29, 0.717) is 5.17 Å². The summed E-state index contributed by atoms with van der Waals surface area (Å²) < 4.78 is 0. The van der Waals surface area contributed by atoms with Crippen LogP contribution in [-0.4, -0.2) is 27.0 Å². The van der Waals surface area contributed by atoms with Crippen LogP contribution in [0.2, 0.25) is 0 Å². The molecule has 4 aromatic rings. The lowest BCUT2D eigenvalue weighted by atomic mass is 10.3. The summed E-state index contributed by atoms with van der Waals surface area (Å²) in [6.07, 6.45) is 0. The molecule has 0 saturated carbocycles. The molecule has 5 nitrogen and oxygen atoms in total. The summed E-state index contributed by atoms with van der Waals surface area (Å²) in [6.45, 7) is 2.10. The van der Waals surface area contributed by atoms with Crippen molar-refractivity contribution in [2.24, 2.45) is 20.0 Å². The second-order valence-corrected chi connectivity index (χ2v) is 10.0. The van der Waals surface area contributed by atoms with Gasteiger partial charge in [-0.3, -0.25) is 4.90 Å². The lowest BCUT2D eigenvalue weighted by molar-refractivity contribution is 1.40. The number of thioether (sulfide) groups is 2. The summed E-state index contributed by atoms with van der Waals surface area (Å²) in [6, 6.07) is 40.0. The van der Waals surface area contributed by atoms with Gasteiger partial charge in [-0.15, -0.1) is 0 Å². The predicted octanol–water partition coefficient (Wildman–Crippen LogP) is 8.50. The van der Waals surface area contributed by atoms with E-state index in [-0.39, 0.29) is 0 Å². The number of amidine groups is 3. The lowest BCUT2D eigenvalue weighted by Crippen LogP contribution is -2.31. The normalized spacial score (nSPS) is 17.2. The van der Waals surface area contributed by atoms with E-state index in [1.165, 1.54) is 11.8 Å². The number of benzene rings is 4. The third kappa shape index (κ3) is 6.44. The van der Waals surface area contributed by atoms with Gasteiger partial charge in [-0.25, -0.2) is 15.0 Å². The topological polar surface area (TPSA) is 52.7 Å². The first-order valence-corrected chi connectivity index (χ1v) is 13.8. The lowest BCUT2D eigenvalue weighted by Gasteiger charge is -2.18. The summed E-state index contributed by atoms with van der Waals surface area (Å²) in [5, 5.41) is 2.22. The van der Waals surface area contributed by atoms with Gasteiger partial charge in [0.15, 0.2) is 16.2 Å². The van der Waals surface area contributed by atoms with E-state index < -0.39 is 0 Å². The molecule has 0 amide bonds. The molecule has 0 aromatic heterocycles. The van der Waals surface area contributed by atoms with Gasteiger partial charge in [-0.2, -0.15) is 4.99 Å². The third-order valence-corrected chi connectivity index (χ3v) is 6.87. The highest BCUT2D eigenvalue weighted by Crippen LogP contribution is 2.33. The van der Waals surface area contributed by atoms with Crippen molar-refractivity contribution in [1.29, 1.82) is 0 Å². The fourth-order valence-corrected chi connectivity index (χ4v) is 5.18. The van der Waals surface area contributed by atoms with Crippen LogP contribution >= 0.6 is 23.5 Å². The second kappa shape index (κ2) is 12.3. The van der Waals surface area contributed by atoms with Gasteiger partial charge in [0.2, 0.25) is 0 Å². The maximum absolute atomic E-state index is 5.06. The Kier molecular flexibility index (Phi) is 8.25. The summed E-state index contributed by atoms with van der Waals surface area (Å²) in [4.78, 5) is 22.0. The standard InChI is InChI=1S/C30H25N5S2/c1-2-36-29(33-25-19-11-5-12-20-25)34-30-35(26-21-13-6-14-22-26)27(31-23-15-7-3-8-16-23)28(37-30)32-24-17-9-4-10-18-24/h3-22H,2H2,1H3. The van der Waals surface area contributed by atoms with Gasteiger partial charge in [0, 0.05) is 5.69 Å². The van der Waals surface area contributed by atoms with Gasteiger partial charge in [-0.1, -0.05) is 91.5 Å². The van der Waals surface area contributed by atoms with Gasteiger partial charge in [0.05, 0.1) is 17.1 Å². The molecule has 1 heterocycles. The highest BCUT2D eigenvalue weighted by Gasteiger charge is 2.35. The van der Waals surface area contributed by atoms with E-state index in [4.69, 9.17) is 20.0 Å². The fraction of sp³-hybridized carbons (Fsp3) is 0.0667. The van der Waals surface area contributed by atoms with Crippen LogP contribution in [0.25, 0.3) is 0 Å². The maximum Gasteiger partial charge on any atom is 0.190 e. The Hall–Kier alpha value is -3.94. The van der Waals surface area contributed by atoms with Crippen molar-refractivity contribution in [3.63, 3.8) is 0 Å². The number of hydrogen-bond acceptors (Lipinski definition) is 5. The Morgan fingerprint density at radius 3 is 1.76 bits per heavy atom. The zero-order valence-corrected chi connectivity index (χ0v) is 21.9. The van der Waals surface area contributed by atoms with E-state index in [1.54, 1.807) is 11.8 Å². The molecule has 0 spiro atoms. The Labute approximate surface area is 225 Å². The average Bonchev–Trinajstić information content (AvgIpc) is 3.26. The SMILES string of the molecule is CCSC(=Nc1ccccc1)N=C1SC(=Nc2ccccc2)C(=Nc2ccccc2)N1c1ccccc1. The number of nitrogens with zero attached hydrogens (tertiary/aromatic N) is 5. The van der Waals surface area contributed by atoms with Crippen LogP contribution in [0, 0.1) is 0 Å². The molecular weight excluding hydrogens is 494 g/mol. The molecule has 1 aliphatic heterocycles. The summed E-state index contributed by atoms with van der Waals surface area (Å²) >= 11 is 3.11. The first-order valence-electron chi connectivity index (χ1n) is 12.0. The number of hydrogen-bond donors (Lipinski definition) is 0. The minimum absolute atomic E-state index is 0.692. The van der Waals surface area contributed by atoms with Crippen molar-refractivity contribution >= 4 is 67.5 Å². The zero-order valence-electron chi connectivity index (χ0n) is 20.3. The molecule has 0 bridgehead atoms. The minimum Gasteiger partial charge on any atom is -0.271 e. The summed E-state index contributed by atoms with van der Waals surface area (Å²) in [5.74, 6) is 1.58. The number of para-hydroxylation sites is 4. The molecule has 0 unspecified atom stereocenters. The van der Waals surface area contributed by atoms with Crippen molar-refractivity contribution in [3.05, 3.63) is 121 Å². The van der Waals surface area contributed by atoms with Crippen molar-refractivity contribution in [3.8, 4) is 0 Å². The van der Waals surface area contributed by atoms with Gasteiger partial charge in [0.25, 0.3) is 0 Å². The summed E-state index contributed by atoms with van der Waals surface area (Å²) in [5.41, 5.74) is 3.54. The monoisotopic (exact) mass is 519 g/mol. The van der Waals surface area contributed by atoms with Crippen LogP contribution in [0.3, 0.4) is 0 Å². The molecule has 182 valence electrons. The Morgan fingerprint density at radius 2 is 1.19 bits per heavy atom. The van der Waals surface area contributed by atoms with E-state index in [0.717, 1.165) is 44.5 Å².